The van der Waals surface area contributed by atoms with E-state index >= 15 is 4.39 Å². The minimum Gasteiger partial charge on any atom is -0.453 e. The smallest absolute Gasteiger partial charge is 0.453 e. The van der Waals surface area contributed by atoms with Gasteiger partial charge in [0.25, 0.3) is 11.8 Å². The first-order chi connectivity index (χ1) is 31.8. The molecule has 3 aliphatic rings. The lowest BCUT2D eigenvalue weighted by Gasteiger charge is -2.44. The fourth-order valence-electron chi connectivity index (χ4n) is 9.03. The average Bonchev–Trinajstić information content (AvgIpc) is 3.93. The molecule has 19 heteroatoms. The van der Waals surface area contributed by atoms with Gasteiger partial charge < -0.3 is 39.8 Å². The molecule has 0 aliphatic carbocycles. The number of nitrogens with one attached hydrogen (secondary N) is 3. The van der Waals surface area contributed by atoms with Crippen molar-refractivity contribution >= 4 is 46.6 Å². The lowest BCUT2D eigenvalue weighted by atomic mass is 9.90. The zero-order chi connectivity index (χ0) is 48.3. The number of aromatic amines is 1. The predicted octanol–water partition coefficient (Wildman–Crippen LogP) is 8.33. The molecule has 2 aromatic carbocycles. The number of carbonyl (C=O) groups excluding carboxylic acids is 4. The van der Waals surface area contributed by atoms with Crippen LogP contribution in [0.3, 0.4) is 0 Å². The number of methoxy groups -OCH3 is 1. The summed E-state index contributed by atoms with van der Waals surface area (Å²) in [5.74, 6) is -2.33. The molecule has 4 amide bonds. The van der Waals surface area contributed by atoms with E-state index in [2.05, 4.69) is 44.2 Å². The second kappa shape index (κ2) is 20.0. The predicted molar refractivity (Wildman–Crippen MR) is 244 cm³/mol. The molecule has 356 valence electrons. The first kappa shape index (κ1) is 48.2. The SMILES string of the molecule is COC(=O)NC(C(=O)N1CC(C)CC1C1=NC=C(c2ccc(-c3cc(F)c(NC(=O)c4ccc(N5CC(C)N(C(=O)c6cnc[nH]6)CC5C)nc4)cc3OC(F)(F)F)cc2)CCC1C)C(C)C. The van der Waals surface area contributed by atoms with Crippen molar-refractivity contribution in [3.8, 4) is 16.9 Å². The number of anilines is 2. The van der Waals surface area contributed by atoms with Gasteiger partial charge in [0.05, 0.1) is 36.9 Å². The number of amides is 4. The molecule has 2 aromatic heterocycles. The Bertz CT molecular complexity index is 2510. The lowest BCUT2D eigenvalue weighted by Crippen LogP contribution is -2.58. The molecule has 0 saturated carbocycles. The van der Waals surface area contributed by atoms with E-state index in [-0.39, 0.29) is 64.4 Å². The summed E-state index contributed by atoms with van der Waals surface area (Å²) in [4.78, 5) is 74.1. The van der Waals surface area contributed by atoms with Crippen LogP contribution in [0.15, 0.2) is 78.4 Å². The molecule has 0 radical (unpaired) electrons. The normalized spacial score (nSPS) is 21.6. The van der Waals surface area contributed by atoms with Crippen LogP contribution in [0.1, 0.15) is 87.2 Å². The number of hydrogen-bond donors (Lipinski definition) is 3. The fraction of sp³-hybridized carbons (Fsp3) is 0.438. The van der Waals surface area contributed by atoms with Crippen molar-refractivity contribution in [1.29, 1.82) is 0 Å². The molecule has 0 spiro atoms. The number of piperazine rings is 1. The lowest BCUT2D eigenvalue weighted by molar-refractivity contribution is -0.274. The van der Waals surface area contributed by atoms with E-state index in [0.717, 1.165) is 29.0 Å². The molecule has 15 nitrogen and oxygen atoms in total. The van der Waals surface area contributed by atoms with Gasteiger partial charge in [-0.3, -0.25) is 19.4 Å². The minimum absolute atomic E-state index is 0.0109. The molecule has 6 atom stereocenters. The second-order valence-electron chi connectivity index (χ2n) is 17.9. The quantitative estimate of drug-likeness (QED) is 0.125. The number of rotatable bonds is 11. The summed E-state index contributed by atoms with van der Waals surface area (Å²) in [7, 11) is 1.25. The maximum absolute atomic E-state index is 15.8. The number of aliphatic imine (C=N–C) groups is 1. The Morgan fingerprint density at radius 2 is 1.64 bits per heavy atom. The van der Waals surface area contributed by atoms with Gasteiger partial charge in [-0.2, -0.15) is 0 Å². The summed E-state index contributed by atoms with van der Waals surface area (Å²) in [6, 6.07) is 9.99. The van der Waals surface area contributed by atoms with Gasteiger partial charge >= 0.3 is 12.5 Å². The monoisotopic (exact) mass is 929 g/mol. The molecule has 3 aliphatic heterocycles. The van der Waals surface area contributed by atoms with Crippen LogP contribution in [0.4, 0.5) is 33.9 Å². The van der Waals surface area contributed by atoms with Crippen LogP contribution in [-0.2, 0) is 9.53 Å². The third-order valence-electron chi connectivity index (χ3n) is 12.6. The van der Waals surface area contributed by atoms with Gasteiger partial charge in [0.1, 0.15) is 29.1 Å². The van der Waals surface area contributed by atoms with Crippen LogP contribution in [-0.4, -0.2) is 112 Å². The number of carbonyl (C=O) groups is 4. The van der Waals surface area contributed by atoms with Gasteiger partial charge in [0.2, 0.25) is 5.91 Å². The molecule has 67 heavy (non-hydrogen) atoms. The van der Waals surface area contributed by atoms with E-state index in [4.69, 9.17) is 9.73 Å². The third kappa shape index (κ3) is 10.9. The van der Waals surface area contributed by atoms with E-state index in [1.807, 2.05) is 32.6 Å². The Morgan fingerprint density at radius 1 is 0.910 bits per heavy atom. The number of aromatic nitrogens is 3. The van der Waals surface area contributed by atoms with Crippen LogP contribution in [0.25, 0.3) is 16.7 Å². The fourth-order valence-corrected chi connectivity index (χ4v) is 9.03. The molecule has 3 N–H and O–H groups in total. The maximum atomic E-state index is 15.8. The molecular weight excluding hydrogens is 875 g/mol. The molecule has 7 rings (SSSR count). The van der Waals surface area contributed by atoms with Crippen molar-refractivity contribution in [2.45, 2.75) is 91.3 Å². The Balaban J connectivity index is 1.06. The number of likely N-dealkylation sites (tertiary alicyclic amines) is 1. The number of pyridine rings is 1. The number of imidazole rings is 1. The molecule has 0 bridgehead atoms. The van der Waals surface area contributed by atoms with Gasteiger partial charge in [-0.05, 0) is 85.8 Å². The van der Waals surface area contributed by atoms with Gasteiger partial charge in [0, 0.05) is 61.5 Å². The first-order valence-corrected chi connectivity index (χ1v) is 22.3. The van der Waals surface area contributed by atoms with Gasteiger partial charge in [0.15, 0.2) is 0 Å². The minimum atomic E-state index is -5.14. The van der Waals surface area contributed by atoms with Crippen LogP contribution in [0, 0.1) is 23.6 Å². The van der Waals surface area contributed by atoms with Crippen molar-refractivity contribution in [2.24, 2.45) is 22.7 Å². The topological polar surface area (TPSA) is 174 Å². The van der Waals surface area contributed by atoms with E-state index in [9.17, 15) is 32.3 Å². The summed E-state index contributed by atoms with van der Waals surface area (Å²) in [5, 5.41) is 5.05. The number of hydrogen-bond acceptors (Lipinski definition) is 10. The number of halogens is 4. The summed E-state index contributed by atoms with van der Waals surface area (Å²) in [6.45, 7) is 13.1. The van der Waals surface area contributed by atoms with E-state index < -0.39 is 41.7 Å². The maximum Gasteiger partial charge on any atom is 0.573 e. The van der Waals surface area contributed by atoms with E-state index in [1.165, 1.54) is 31.9 Å². The highest BCUT2D eigenvalue weighted by atomic mass is 19.4. The number of nitrogens with zero attached hydrogens (tertiary/aromatic N) is 6. The van der Waals surface area contributed by atoms with Crippen molar-refractivity contribution in [2.75, 3.05) is 37.0 Å². The van der Waals surface area contributed by atoms with E-state index in [1.54, 1.807) is 46.3 Å². The zero-order valence-electron chi connectivity index (χ0n) is 38.4. The van der Waals surface area contributed by atoms with Gasteiger partial charge in [-0.1, -0.05) is 52.0 Å². The molecule has 4 aromatic rings. The van der Waals surface area contributed by atoms with Crippen LogP contribution >= 0.6 is 0 Å². The average molecular weight is 930 g/mol. The highest BCUT2D eigenvalue weighted by Crippen LogP contribution is 2.39. The molecular formula is C48H55F4N9O6. The van der Waals surface area contributed by atoms with Crippen molar-refractivity contribution < 1.29 is 46.2 Å². The highest BCUT2D eigenvalue weighted by molar-refractivity contribution is 6.04. The van der Waals surface area contributed by atoms with Crippen LogP contribution < -0.4 is 20.3 Å². The van der Waals surface area contributed by atoms with Crippen molar-refractivity contribution in [3.05, 3.63) is 96.1 Å². The molecule has 2 saturated heterocycles. The number of alkyl carbamates (subject to hydrolysis) is 1. The Hall–Kier alpha value is -6.79. The first-order valence-electron chi connectivity index (χ1n) is 22.3. The zero-order valence-corrected chi connectivity index (χ0v) is 38.4. The number of ether oxygens (including phenoxy) is 2. The second-order valence-corrected chi connectivity index (χ2v) is 17.9. The number of alkyl halides is 3. The molecule has 6 unspecified atom stereocenters. The number of benzene rings is 2. The van der Waals surface area contributed by atoms with Gasteiger partial charge in [-0.25, -0.2) is 19.2 Å². The molecule has 5 heterocycles. The Morgan fingerprint density at radius 3 is 2.28 bits per heavy atom. The number of allylic oxidation sites excluding steroid dienone is 1. The van der Waals surface area contributed by atoms with Crippen LogP contribution in [0.5, 0.6) is 5.75 Å². The summed E-state index contributed by atoms with van der Waals surface area (Å²) in [5.41, 5.74) is 2.40. The van der Waals surface area contributed by atoms with Gasteiger partial charge in [-0.15, -0.1) is 13.2 Å². The standard InChI is InChI=1S/C48H55F4N9O6/c1-26(2)42(58-47(65)66-7)46(64)61-22-27(3)16-39(61)43-28(4)8-9-33(19-55-43)31-10-12-32(13-11-31)35-17-36(49)37(18-40(35)67-48(50,51)52)57-44(62)34-14-15-41(54-20-34)59-23-30(6)60(24-29(59)5)45(63)38-21-53-25-56-38/h10-15,17-21,25-30,39,42H,8-9,16,22-24H2,1-7H3,(H,53,56)(H,57,62)(H,58,65). The van der Waals surface area contributed by atoms with Crippen LogP contribution in [0.2, 0.25) is 0 Å². The third-order valence-corrected chi connectivity index (χ3v) is 12.6. The highest BCUT2D eigenvalue weighted by Gasteiger charge is 2.42. The number of H-pyrrole nitrogens is 1. The summed E-state index contributed by atoms with van der Waals surface area (Å²) < 4.78 is 66.4. The summed E-state index contributed by atoms with van der Waals surface area (Å²) >= 11 is 0. The largest absolute Gasteiger partial charge is 0.573 e. The Labute approximate surface area is 386 Å². The Kier molecular flexibility index (Phi) is 14.4. The van der Waals surface area contributed by atoms with Crippen molar-refractivity contribution in [3.63, 3.8) is 0 Å². The summed E-state index contributed by atoms with van der Waals surface area (Å²) in [6.07, 6.45) is 2.19. The van der Waals surface area contributed by atoms with Crippen molar-refractivity contribution in [1.82, 2.24) is 30.1 Å². The van der Waals surface area contributed by atoms with E-state index in [0.29, 0.717) is 50.4 Å². The molecule has 2 fully saturated rings.